The Morgan fingerprint density at radius 3 is 2.50 bits per heavy atom. The number of nitrogens with one attached hydrogen (secondary N) is 1. The molecule has 3 aromatic carbocycles. The van der Waals surface area contributed by atoms with Gasteiger partial charge in [0.1, 0.15) is 5.75 Å². The van der Waals surface area contributed by atoms with E-state index in [-0.39, 0.29) is 11.4 Å². The number of benzene rings is 3. The van der Waals surface area contributed by atoms with Gasteiger partial charge in [0.25, 0.3) is 0 Å². The molecule has 6 nitrogen and oxygen atoms in total. The SMILES string of the molecule is COc1ccc(Cl)cc1NC(=O)CN(C)S(=O)(=O)c1ccc2ccccc2c1. The van der Waals surface area contributed by atoms with Crippen molar-refractivity contribution in [2.75, 3.05) is 26.0 Å². The third-order valence-electron chi connectivity index (χ3n) is 4.23. The Bertz CT molecular complexity index is 1130. The molecule has 1 N–H and O–H groups in total. The lowest BCUT2D eigenvalue weighted by molar-refractivity contribution is -0.116. The van der Waals surface area contributed by atoms with Crippen LogP contribution in [0.4, 0.5) is 5.69 Å². The number of fused-ring (bicyclic) bond motifs is 1. The number of amides is 1. The van der Waals surface area contributed by atoms with Gasteiger partial charge in [0, 0.05) is 12.1 Å². The third-order valence-corrected chi connectivity index (χ3v) is 6.27. The fraction of sp³-hybridized carbons (Fsp3) is 0.150. The Kier molecular flexibility index (Phi) is 5.88. The number of halogens is 1. The van der Waals surface area contributed by atoms with Crippen molar-refractivity contribution in [2.24, 2.45) is 0 Å². The van der Waals surface area contributed by atoms with E-state index in [9.17, 15) is 13.2 Å². The van der Waals surface area contributed by atoms with Gasteiger partial charge in [-0.25, -0.2) is 8.42 Å². The summed E-state index contributed by atoms with van der Waals surface area (Å²) in [7, 11) is -0.999. The lowest BCUT2D eigenvalue weighted by Gasteiger charge is -2.18. The molecule has 0 atom stereocenters. The van der Waals surface area contributed by atoms with Crippen LogP contribution in [-0.4, -0.2) is 39.3 Å². The molecule has 0 bridgehead atoms. The summed E-state index contributed by atoms with van der Waals surface area (Å²) in [6, 6.07) is 17.1. The molecule has 0 radical (unpaired) electrons. The minimum Gasteiger partial charge on any atom is -0.495 e. The van der Waals surface area contributed by atoms with Crippen LogP contribution in [0.3, 0.4) is 0 Å². The normalized spacial score (nSPS) is 11.6. The second kappa shape index (κ2) is 8.18. The topological polar surface area (TPSA) is 75.7 Å². The summed E-state index contributed by atoms with van der Waals surface area (Å²) in [5.74, 6) is -0.0785. The van der Waals surface area contributed by atoms with Gasteiger partial charge in [-0.1, -0.05) is 41.9 Å². The maximum Gasteiger partial charge on any atom is 0.243 e. The average Bonchev–Trinajstić information content (AvgIpc) is 2.67. The van der Waals surface area contributed by atoms with Crippen LogP contribution in [0.15, 0.2) is 65.6 Å². The average molecular weight is 419 g/mol. The number of ether oxygens (including phenoxy) is 1. The van der Waals surface area contributed by atoms with E-state index in [1.54, 1.807) is 24.3 Å². The zero-order chi connectivity index (χ0) is 20.3. The van der Waals surface area contributed by atoms with E-state index in [0.717, 1.165) is 15.1 Å². The van der Waals surface area contributed by atoms with Gasteiger partial charge in [-0.3, -0.25) is 4.79 Å². The molecule has 0 heterocycles. The second-order valence-electron chi connectivity index (χ2n) is 6.16. The van der Waals surface area contributed by atoms with Crippen LogP contribution < -0.4 is 10.1 Å². The van der Waals surface area contributed by atoms with Gasteiger partial charge in [0.05, 0.1) is 24.2 Å². The molecule has 0 unspecified atom stereocenters. The minimum atomic E-state index is -3.83. The number of methoxy groups -OCH3 is 1. The van der Waals surface area contributed by atoms with Gasteiger partial charge in [-0.05, 0) is 41.1 Å². The van der Waals surface area contributed by atoms with E-state index in [0.29, 0.717) is 16.5 Å². The Balaban J connectivity index is 1.78. The summed E-state index contributed by atoms with van der Waals surface area (Å²) < 4.78 is 31.9. The van der Waals surface area contributed by atoms with E-state index >= 15 is 0 Å². The molecule has 1 amide bonds. The summed E-state index contributed by atoms with van der Waals surface area (Å²) in [5, 5.41) is 4.81. The maximum absolute atomic E-state index is 12.8. The lowest BCUT2D eigenvalue weighted by Crippen LogP contribution is -2.35. The fourth-order valence-corrected chi connectivity index (χ4v) is 4.10. The van der Waals surface area contributed by atoms with Gasteiger partial charge >= 0.3 is 0 Å². The predicted octanol–water partition coefficient (Wildman–Crippen LogP) is 3.76. The fourth-order valence-electron chi connectivity index (χ4n) is 2.76. The molecule has 146 valence electrons. The number of likely N-dealkylation sites (N-methyl/N-ethyl adjacent to an activating group) is 1. The highest BCUT2D eigenvalue weighted by molar-refractivity contribution is 7.89. The molecule has 0 spiro atoms. The highest BCUT2D eigenvalue weighted by Gasteiger charge is 2.23. The summed E-state index contributed by atoms with van der Waals surface area (Å²) >= 11 is 5.95. The molecule has 0 saturated heterocycles. The monoisotopic (exact) mass is 418 g/mol. The van der Waals surface area contributed by atoms with Crippen molar-refractivity contribution in [2.45, 2.75) is 4.90 Å². The number of anilines is 1. The van der Waals surface area contributed by atoms with Gasteiger partial charge in [0.15, 0.2) is 0 Å². The Labute approximate surface area is 168 Å². The Morgan fingerprint density at radius 2 is 1.79 bits per heavy atom. The van der Waals surface area contributed by atoms with E-state index in [1.165, 1.54) is 26.3 Å². The van der Waals surface area contributed by atoms with Crippen molar-refractivity contribution in [1.29, 1.82) is 0 Å². The zero-order valence-corrected chi connectivity index (χ0v) is 16.9. The van der Waals surface area contributed by atoms with Crippen LogP contribution in [0.2, 0.25) is 5.02 Å². The molecule has 0 aliphatic carbocycles. The zero-order valence-electron chi connectivity index (χ0n) is 15.3. The molecule has 0 aromatic heterocycles. The summed E-state index contributed by atoms with van der Waals surface area (Å²) in [4.78, 5) is 12.5. The summed E-state index contributed by atoms with van der Waals surface area (Å²) in [5.41, 5.74) is 0.372. The van der Waals surface area contributed by atoms with Gasteiger partial charge in [0.2, 0.25) is 15.9 Å². The quantitative estimate of drug-likeness (QED) is 0.661. The van der Waals surface area contributed by atoms with Crippen LogP contribution in [-0.2, 0) is 14.8 Å². The third kappa shape index (κ3) is 4.27. The number of carbonyl (C=O) groups excluding carboxylic acids is 1. The first-order valence-corrected chi connectivity index (χ1v) is 10.2. The molecule has 0 fully saturated rings. The number of hydrogen-bond acceptors (Lipinski definition) is 4. The summed E-state index contributed by atoms with van der Waals surface area (Å²) in [6.07, 6.45) is 0. The standard InChI is InChI=1S/C20H19ClN2O4S/c1-23(13-20(24)22-18-12-16(21)8-10-19(18)27-2)28(25,26)17-9-7-14-5-3-4-6-15(14)11-17/h3-12H,13H2,1-2H3,(H,22,24). The van der Waals surface area contributed by atoms with E-state index in [4.69, 9.17) is 16.3 Å². The number of sulfonamides is 1. The van der Waals surface area contributed by atoms with Gasteiger partial charge in [-0.15, -0.1) is 0 Å². The molecule has 3 aromatic rings. The molecule has 8 heteroatoms. The smallest absolute Gasteiger partial charge is 0.243 e. The number of nitrogens with zero attached hydrogens (tertiary/aromatic N) is 1. The van der Waals surface area contributed by atoms with Crippen LogP contribution in [0, 0.1) is 0 Å². The van der Waals surface area contributed by atoms with E-state index in [2.05, 4.69) is 5.32 Å². The van der Waals surface area contributed by atoms with Gasteiger partial charge in [-0.2, -0.15) is 4.31 Å². The largest absolute Gasteiger partial charge is 0.495 e. The molecular weight excluding hydrogens is 400 g/mol. The molecular formula is C20H19ClN2O4S. The van der Waals surface area contributed by atoms with E-state index in [1.807, 2.05) is 24.3 Å². The molecule has 0 aliphatic heterocycles. The van der Waals surface area contributed by atoms with Gasteiger partial charge < -0.3 is 10.1 Å². The molecule has 0 saturated carbocycles. The van der Waals surface area contributed by atoms with Crippen molar-refractivity contribution < 1.29 is 17.9 Å². The summed E-state index contributed by atoms with van der Waals surface area (Å²) in [6.45, 7) is -0.356. The number of rotatable bonds is 6. The van der Waals surface area contributed by atoms with Crippen molar-refractivity contribution in [3.8, 4) is 5.75 Å². The van der Waals surface area contributed by atoms with Crippen molar-refractivity contribution >= 4 is 44.0 Å². The van der Waals surface area contributed by atoms with Crippen molar-refractivity contribution in [1.82, 2.24) is 4.31 Å². The first-order chi connectivity index (χ1) is 13.3. The predicted molar refractivity (Wildman–Crippen MR) is 110 cm³/mol. The van der Waals surface area contributed by atoms with Crippen LogP contribution in [0.5, 0.6) is 5.75 Å². The first-order valence-electron chi connectivity index (χ1n) is 8.40. The van der Waals surface area contributed by atoms with Crippen LogP contribution in [0.25, 0.3) is 10.8 Å². The lowest BCUT2D eigenvalue weighted by atomic mass is 10.1. The Hall–Kier alpha value is -2.61. The molecule has 3 rings (SSSR count). The van der Waals surface area contributed by atoms with Crippen LogP contribution in [0.1, 0.15) is 0 Å². The number of hydrogen-bond donors (Lipinski definition) is 1. The second-order valence-corrected chi connectivity index (χ2v) is 8.64. The Morgan fingerprint density at radius 1 is 1.07 bits per heavy atom. The highest BCUT2D eigenvalue weighted by atomic mass is 35.5. The number of carbonyl (C=O) groups is 1. The molecule has 28 heavy (non-hydrogen) atoms. The maximum atomic E-state index is 12.8. The minimum absolute atomic E-state index is 0.127. The van der Waals surface area contributed by atoms with Crippen molar-refractivity contribution in [3.05, 3.63) is 65.7 Å². The van der Waals surface area contributed by atoms with E-state index < -0.39 is 15.9 Å². The van der Waals surface area contributed by atoms with Crippen LogP contribution >= 0.6 is 11.6 Å². The van der Waals surface area contributed by atoms with Crippen molar-refractivity contribution in [3.63, 3.8) is 0 Å². The highest BCUT2D eigenvalue weighted by Crippen LogP contribution is 2.28. The molecule has 0 aliphatic rings. The first kappa shape index (κ1) is 20.1.